The molecule has 0 aliphatic heterocycles. The van der Waals surface area contributed by atoms with E-state index in [4.69, 9.17) is 9.47 Å². The minimum atomic E-state index is -0.184. The summed E-state index contributed by atoms with van der Waals surface area (Å²) in [7, 11) is 0. The molecule has 0 aliphatic carbocycles. The highest BCUT2D eigenvalue weighted by molar-refractivity contribution is 5.76. The molecule has 0 amide bonds. The Labute approximate surface area is 158 Å². The Morgan fingerprint density at radius 3 is 1.35 bits per heavy atom. The highest BCUT2D eigenvalue weighted by Gasteiger charge is 2.19. The maximum Gasteiger partial charge on any atom is 0.314 e. The van der Waals surface area contributed by atoms with E-state index in [0.717, 1.165) is 51.4 Å². The van der Waals surface area contributed by atoms with Crippen molar-refractivity contribution >= 4 is 11.9 Å². The zero-order valence-corrected chi connectivity index (χ0v) is 16.8. The Bertz CT molecular complexity index is 487. The standard InChI is InChI=1S/C22H34O4/c1-5-9-11-17(7-3)21(23)25-19-13-15-20(16-14-19)26-22(24)18(8-4)12-10-6-2/h13-18H,5-12H2,1-4H3. The Morgan fingerprint density at radius 1 is 0.731 bits per heavy atom. The number of ether oxygens (including phenoxy) is 2. The van der Waals surface area contributed by atoms with Crippen molar-refractivity contribution in [3.05, 3.63) is 24.3 Å². The fourth-order valence-electron chi connectivity index (χ4n) is 2.85. The molecule has 0 saturated heterocycles. The van der Waals surface area contributed by atoms with Gasteiger partial charge in [0.25, 0.3) is 0 Å². The van der Waals surface area contributed by atoms with E-state index < -0.39 is 0 Å². The fourth-order valence-corrected chi connectivity index (χ4v) is 2.85. The van der Waals surface area contributed by atoms with Crippen molar-refractivity contribution in [1.29, 1.82) is 0 Å². The summed E-state index contributed by atoms with van der Waals surface area (Å²) in [6.45, 7) is 8.24. The second kappa shape index (κ2) is 12.5. The van der Waals surface area contributed by atoms with Crippen LogP contribution in [-0.2, 0) is 9.59 Å². The lowest BCUT2D eigenvalue weighted by molar-refractivity contribution is -0.140. The first-order chi connectivity index (χ1) is 12.5. The number of esters is 2. The van der Waals surface area contributed by atoms with Crippen LogP contribution in [0.15, 0.2) is 24.3 Å². The van der Waals surface area contributed by atoms with Crippen molar-refractivity contribution < 1.29 is 19.1 Å². The molecule has 1 rings (SSSR count). The van der Waals surface area contributed by atoms with Crippen LogP contribution in [0.5, 0.6) is 11.5 Å². The summed E-state index contributed by atoms with van der Waals surface area (Å²) in [5.41, 5.74) is 0. The molecule has 4 heteroatoms. The third-order valence-corrected chi connectivity index (χ3v) is 4.73. The molecular weight excluding hydrogens is 328 g/mol. The zero-order chi connectivity index (χ0) is 19.4. The highest BCUT2D eigenvalue weighted by atomic mass is 16.5. The quantitative estimate of drug-likeness (QED) is 0.341. The van der Waals surface area contributed by atoms with Crippen LogP contribution in [0.4, 0.5) is 0 Å². The zero-order valence-electron chi connectivity index (χ0n) is 16.8. The normalized spacial score (nSPS) is 13.1. The molecule has 146 valence electrons. The summed E-state index contributed by atoms with van der Waals surface area (Å²) in [4.78, 5) is 24.5. The monoisotopic (exact) mass is 362 g/mol. The van der Waals surface area contributed by atoms with Gasteiger partial charge in [-0.2, -0.15) is 0 Å². The Balaban J connectivity index is 2.59. The first-order valence-electron chi connectivity index (χ1n) is 10.1. The Morgan fingerprint density at radius 2 is 1.08 bits per heavy atom. The molecule has 1 aromatic rings. The number of hydrogen-bond acceptors (Lipinski definition) is 4. The minimum absolute atomic E-state index is 0.0590. The number of unbranched alkanes of at least 4 members (excludes halogenated alkanes) is 2. The Hall–Kier alpha value is -1.84. The van der Waals surface area contributed by atoms with E-state index in [9.17, 15) is 9.59 Å². The lowest BCUT2D eigenvalue weighted by atomic mass is 10.00. The molecule has 0 spiro atoms. The van der Waals surface area contributed by atoms with Gasteiger partial charge in [-0.25, -0.2) is 0 Å². The molecule has 4 nitrogen and oxygen atoms in total. The van der Waals surface area contributed by atoms with Crippen molar-refractivity contribution in [2.45, 2.75) is 79.1 Å². The van der Waals surface area contributed by atoms with E-state index in [1.165, 1.54) is 0 Å². The predicted octanol–water partition coefficient (Wildman–Crippen LogP) is 5.93. The van der Waals surface area contributed by atoms with Gasteiger partial charge < -0.3 is 9.47 Å². The summed E-state index contributed by atoms with van der Waals surface area (Å²) in [5.74, 6) is 0.492. The van der Waals surface area contributed by atoms with E-state index in [-0.39, 0.29) is 23.8 Å². The molecule has 0 bridgehead atoms. The molecule has 2 atom stereocenters. The molecule has 0 heterocycles. The van der Waals surface area contributed by atoms with Crippen molar-refractivity contribution in [1.82, 2.24) is 0 Å². The average Bonchev–Trinajstić information content (AvgIpc) is 2.64. The third-order valence-electron chi connectivity index (χ3n) is 4.73. The van der Waals surface area contributed by atoms with Crippen LogP contribution >= 0.6 is 0 Å². The highest BCUT2D eigenvalue weighted by Crippen LogP contribution is 2.23. The predicted molar refractivity (Wildman–Crippen MR) is 104 cm³/mol. The number of benzene rings is 1. The SMILES string of the molecule is CCCCC(CC)C(=O)Oc1ccc(OC(=O)C(CC)CCCC)cc1. The molecule has 0 N–H and O–H groups in total. The average molecular weight is 363 g/mol. The van der Waals surface area contributed by atoms with E-state index in [2.05, 4.69) is 13.8 Å². The van der Waals surface area contributed by atoms with Gasteiger partial charge in [-0.3, -0.25) is 9.59 Å². The largest absolute Gasteiger partial charge is 0.426 e. The van der Waals surface area contributed by atoms with Gasteiger partial charge in [-0.05, 0) is 49.9 Å². The second-order valence-electron chi connectivity index (χ2n) is 6.81. The van der Waals surface area contributed by atoms with Crippen molar-refractivity contribution in [2.24, 2.45) is 11.8 Å². The summed E-state index contributed by atoms with van der Waals surface area (Å²) in [6.07, 6.45) is 7.48. The van der Waals surface area contributed by atoms with Gasteiger partial charge in [0.2, 0.25) is 0 Å². The van der Waals surface area contributed by atoms with E-state index in [1.807, 2.05) is 13.8 Å². The second-order valence-corrected chi connectivity index (χ2v) is 6.81. The molecule has 0 aromatic heterocycles. The van der Waals surface area contributed by atoms with Gasteiger partial charge in [0.15, 0.2) is 0 Å². The molecule has 0 fully saturated rings. The van der Waals surface area contributed by atoms with Crippen molar-refractivity contribution in [2.75, 3.05) is 0 Å². The van der Waals surface area contributed by atoms with E-state index >= 15 is 0 Å². The van der Waals surface area contributed by atoms with Gasteiger partial charge in [0.05, 0.1) is 11.8 Å². The van der Waals surface area contributed by atoms with Gasteiger partial charge in [-0.1, -0.05) is 53.4 Å². The maximum atomic E-state index is 12.2. The molecule has 1 aromatic carbocycles. The van der Waals surface area contributed by atoms with Gasteiger partial charge in [-0.15, -0.1) is 0 Å². The van der Waals surface area contributed by atoms with Crippen LogP contribution in [0.3, 0.4) is 0 Å². The minimum Gasteiger partial charge on any atom is -0.426 e. The smallest absolute Gasteiger partial charge is 0.314 e. The Kier molecular flexibility index (Phi) is 10.7. The maximum absolute atomic E-state index is 12.2. The van der Waals surface area contributed by atoms with Gasteiger partial charge in [0.1, 0.15) is 11.5 Å². The van der Waals surface area contributed by atoms with Gasteiger partial charge in [0, 0.05) is 0 Å². The van der Waals surface area contributed by atoms with Gasteiger partial charge >= 0.3 is 11.9 Å². The number of hydrogen-bond donors (Lipinski definition) is 0. The van der Waals surface area contributed by atoms with Crippen LogP contribution in [0.1, 0.15) is 79.1 Å². The molecule has 26 heavy (non-hydrogen) atoms. The van der Waals surface area contributed by atoms with Crippen LogP contribution in [-0.4, -0.2) is 11.9 Å². The van der Waals surface area contributed by atoms with Crippen molar-refractivity contribution in [3.8, 4) is 11.5 Å². The van der Waals surface area contributed by atoms with E-state index in [1.54, 1.807) is 24.3 Å². The number of carbonyl (C=O) groups is 2. The van der Waals surface area contributed by atoms with E-state index in [0.29, 0.717) is 11.5 Å². The first-order valence-corrected chi connectivity index (χ1v) is 10.1. The third kappa shape index (κ3) is 7.59. The topological polar surface area (TPSA) is 52.6 Å². The van der Waals surface area contributed by atoms with Crippen LogP contribution in [0.2, 0.25) is 0 Å². The van der Waals surface area contributed by atoms with Crippen LogP contribution in [0.25, 0.3) is 0 Å². The fraction of sp³-hybridized carbons (Fsp3) is 0.636. The lowest BCUT2D eigenvalue weighted by Gasteiger charge is -2.15. The summed E-state index contributed by atoms with van der Waals surface area (Å²) < 4.78 is 10.9. The molecule has 0 saturated carbocycles. The molecular formula is C22H34O4. The van der Waals surface area contributed by atoms with Crippen LogP contribution in [0, 0.1) is 11.8 Å². The number of rotatable bonds is 12. The first kappa shape index (κ1) is 22.2. The lowest BCUT2D eigenvalue weighted by Crippen LogP contribution is -2.20. The molecule has 0 aliphatic rings. The van der Waals surface area contributed by atoms with Crippen LogP contribution < -0.4 is 9.47 Å². The summed E-state index contributed by atoms with van der Waals surface area (Å²) >= 11 is 0. The number of carbonyl (C=O) groups excluding carboxylic acids is 2. The summed E-state index contributed by atoms with van der Waals surface area (Å²) in [6, 6.07) is 6.72. The molecule has 2 unspecified atom stereocenters. The summed E-state index contributed by atoms with van der Waals surface area (Å²) in [5, 5.41) is 0. The molecule has 0 radical (unpaired) electrons. The van der Waals surface area contributed by atoms with Crippen molar-refractivity contribution in [3.63, 3.8) is 0 Å².